The fourth-order valence-electron chi connectivity index (χ4n) is 0.957. The van der Waals surface area contributed by atoms with Gasteiger partial charge in [-0.25, -0.2) is 4.79 Å². The standard InChI is InChI=1S/C9H6N2O2/c1-7-2-8(11-6-12)4-9(3-7)13-5-10/h2-4H,1H3. The maximum Gasteiger partial charge on any atom is 0.292 e. The van der Waals surface area contributed by atoms with Crippen molar-refractivity contribution in [3.05, 3.63) is 23.8 Å². The number of ether oxygens (including phenoxy) is 1. The Morgan fingerprint density at radius 3 is 2.85 bits per heavy atom. The highest BCUT2D eigenvalue weighted by Crippen LogP contribution is 2.22. The van der Waals surface area contributed by atoms with Crippen LogP contribution in [-0.4, -0.2) is 6.08 Å². The summed E-state index contributed by atoms with van der Waals surface area (Å²) in [4.78, 5) is 13.4. The van der Waals surface area contributed by atoms with Gasteiger partial charge in [-0.1, -0.05) is 0 Å². The molecule has 0 aromatic heterocycles. The molecule has 0 fully saturated rings. The molecule has 0 aliphatic heterocycles. The van der Waals surface area contributed by atoms with Crippen molar-refractivity contribution in [3.63, 3.8) is 0 Å². The molecular weight excluding hydrogens is 168 g/mol. The van der Waals surface area contributed by atoms with E-state index in [4.69, 9.17) is 5.26 Å². The van der Waals surface area contributed by atoms with Crippen molar-refractivity contribution >= 4 is 11.8 Å². The Morgan fingerprint density at radius 1 is 1.46 bits per heavy atom. The summed E-state index contributed by atoms with van der Waals surface area (Å²) in [7, 11) is 0. The van der Waals surface area contributed by atoms with Crippen LogP contribution in [0.15, 0.2) is 23.2 Å². The SMILES string of the molecule is Cc1cc(N=C=O)cc(OC#N)c1. The van der Waals surface area contributed by atoms with Crippen molar-refractivity contribution in [3.8, 4) is 12.0 Å². The molecule has 0 spiro atoms. The van der Waals surface area contributed by atoms with E-state index in [1.807, 2.05) is 6.92 Å². The van der Waals surface area contributed by atoms with Crippen molar-refractivity contribution in [1.29, 1.82) is 5.26 Å². The van der Waals surface area contributed by atoms with Gasteiger partial charge < -0.3 is 4.74 Å². The van der Waals surface area contributed by atoms with Gasteiger partial charge in [-0.05, 0) is 24.6 Å². The molecule has 0 bridgehead atoms. The highest BCUT2D eigenvalue weighted by Gasteiger charge is 1.97. The first-order valence-corrected chi connectivity index (χ1v) is 3.52. The van der Waals surface area contributed by atoms with Crippen LogP contribution >= 0.6 is 0 Å². The van der Waals surface area contributed by atoms with E-state index in [1.54, 1.807) is 18.4 Å². The summed E-state index contributed by atoms with van der Waals surface area (Å²) in [6.45, 7) is 1.81. The fourth-order valence-corrected chi connectivity index (χ4v) is 0.957. The van der Waals surface area contributed by atoms with Gasteiger partial charge in [-0.2, -0.15) is 4.99 Å². The maximum atomic E-state index is 9.96. The molecule has 0 unspecified atom stereocenters. The Morgan fingerprint density at radius 2 is 2.23 bits per heavy atom. The zero-order valence-electron chi connectivity index (χ0n) is 6.94. The molecule has 0 aliphatic rings. The molecule has 0 amide bonds. The minimum absolute atomic E-state index is 0.372. The lowest BCUT2D eigenvalue weighted by molar-refractivity contribution is 0.507. The van der Waals surface area contributed by atoms with Crippen molar-refractivity contribution in [2.45, 2.75) is 6.92 Å². The first-order chi connectivity index (χ1) is 6.26. The molecule has 1 aromatic carbocycles. The molecular formula is C9H6N2O2. The second-order valence-corrected chi connectivity index (χ2v) is 2.40. The summed E-state index contributed by atoms with van der Waals surface area (Å²) in [6.07, 6.45) is 2.96. The molecule has 0 heterocycles. The zero-order chi connectivity index (χ0) is 9.68. The topological polar surface area (TPSA) is 62.4 Å². The van der Waals surface area contributed by atoms with E-state index in [1.165, 1.54) is 12.1 Å². The van der Waals surface area contributed by atoms with Gasteiger partial charge in [0.15, 0.2) is 0 Å². The molecule has 0 saturated carbocycles. The predicted molar refractivity (Wildman–Crippen MR) is 45.2 cm³/mol. The number of benzene rings is 1. The summed E-state index contributed by atoms with van der Waals surface area (Å²) >= 11 is 0. The molecule has 64 valence electrons. The van der Waals surface area contributed by atoms with Gasteiger partial charge >= 0.3 is 0 Å². The number of carbonyl (C=O) groups excluding carboxylic acids is 1. The van der Waals surface area contributed by atoms with Gasteiger partial charge in [0.2, 0.25) is 6.08 Å². The van der Waals surface area contributed by atoms with Crippen LogP contribution in [0.3, 0.4) is 0 Å². The van der Waals surface area contributed by atoms with Crippen LogP contribution in [0.4, 0.5) is 5.69 Å². The van der Waals surface area contributed by atoms with Gasteiger partial charge in [0.25, 0.3) is 6.26 Å². The van der Waals surface area contributed by atoms with Crippen LogP contribution in [0.1, 0.15) is 5.56 Å². The number of isocyanates is 1. The second kappa shape index (κ2) is 4.05. The van der Waals surface area contributed by atoms with Gasteiger partial charge in [0.05, 0.1) is 5.69 Å². The Balaban J connectivity index is 3.11. The summed E-state index contributed by atoms with van der Waals surface area (Å²) in [6, 6.07) is 4.85. The third-order valence-electron chi connectivity index (χ3n) is 1.37. The summed E-state index contributed by atoms with van der Waals surface area (Å²) in [5.41, 5.74) is 1.29. The first kappa shape index (κ1) is 8.98. The van der Waals surface area contributed by atoms with Crippen molar-refractivity contribution in [1.82, 2.24) is 0 Å². The lowest BCUT2D eigenvalue weighted by Gasteiger charge is -1.98. The highest BCUT2D eigenvalue weighted by atomic mass is 16.5. The van der Waals surface area contributed by atoms with E-state index in [0.717, 1.165) is 5.56 Å². The molecule has 0 N–H and O–H groups in total. The van der Waals surface area contributed by atoms with Gasteiger partial charge in [-0.15, -0.1) is 5.26 Å². The maximum absolute atomic E-state index is 9.96. The summed E-state index contributed by atoms with van der Waals surface area (Å²) < 4.78 is 4.59. The van der Waals surface area contributed by atoms with Gasteiger partial charge in [0, 0.05) is 6.07 Å². The number of hydrogen-bond acceptors (Lipinski definition) is 4. The average molecular weight is 174 g/mol. The third kappa shape index (κ3) is 2.44. The molecule has 0 atom stereocenters. The van der Waals surface area contributed by atoms with Crippen LogP contribution in [0, 0.1) is 18.4 Å². The second-order valence-electron chi connectivity index (χ2n) is 2.40. The highest BCUT2D eigenvalue weighted by molar-refractivity contribution is 5.53. The number of hydrogen-bond donors (Lipinski definition) is 0. The van der Waals surface area contributed by atoms with E-state index in [0.29, 0.717) is 11.4 Å². The Labute approximate surface area is 75.1 Å². The molecule has 1 rings (SSSR count). The largest absolute Gasteiger partial charge is 0.388 e. The number of aryl methyl sites for hydroxylation is 1. The molecule has 4 heteroatoms. The number of nitrogens with zero attached hydrogens (tertiary/aromatic N) is 2. The van der Waals surface area contributed by atoms with Crippen LogP contribution in [0.2, 0.25) is 0 Å². The van der Waals surface area contributed by atoms with Crippen LogP contribution in [0.25, 0.3) is 0 Å². The number of aliphatic imine (C=N–C) groups is 1. The van der Waals surface area contributed by atoms with Crippen molar-refractivity contribution < 1.29 is 9.53 Å². The van der Waals surface area contributed by atoms with E-state index in [-0.39, 0.29) is 0 Å². The molecule has 0 radical (unpaired) electrons. The zero-order valence-corrected chi connectivity index (χ0v) is 6.94. The number of nitriles is 1. The van der Waals surface area contributed by atoms with E-state index < -0.39 is 0 Å². The minimum Gasteiger partial charge on any atom is -0.388 e. The smallest absolute Gasteiger partial charge is 0.292 e. The lowest BCUT2D eigenvalue weighted by atomic mass is 10.2. The van der Waals surface area contributed by atoms with E-state index >= 15 is 0 Å². The van der Waals surface area contributed by atoms with E-state index in [2.05, 4.69) is 9.73 Å². The summed E-state index contributed by atoms with van der Waals surface area (Å²) in [5.74, 6) is 0.372. The van der Waals surface area contributed by atoms with Crippen LogP contribution in [0.5, 0.6) is 5.75 Å². The van der Waals surface area contributed by atoms with Crippen molar-refractivity contribution in [2.24, 2.45) is 4.99 Å². The quantitative estimate of drug-likeness (QED) is 0.390. The molecule has 13 heavy (non-hydrogen) atoms. The normalized spacial score (nSPS) is 8.31. The minimum atomic E-state index is 0.372. The Hall–Kier alpha value is -2.11. The third-order valence-corrected chi connectivity index (χ3v) is 1.37. The number of rotatable bonds is 2. The summed E-state index contributed by atoms with van der Waals surface area (Å²) in [5, 5.41) is 8.25. The van der Waals surface area contributed by atoms with Crippen LogP contribution < -0.4 is 4.74 Å². The van der Waals surface area contributed by atoms with E-state index in [9.17, 15) is 4.79 Å². The Bertz CT molecular complexity index is 401. The first-order valence-electron chi connectivity index (χ1n) is 3.52. The predicted octanol–water partition coefficient (Wildman–Crippen LogP) is 1.82. The molecule has 0 aliphatic carbocycles. The average Bonchev–Trinajstić information content (AvgIpc) is 2.04. The lowest BCUT2D eigenvalue weighted by Crippen LogP contribution is -1.82. The Kier molecular flexibility index (Phi) is 2.80. The molecule has 4 nitrogen and oxygen atoms in total. The fraction of sp³-hybridized carbons (Fsp3) is 0.111. The molecule has 1 aromatic rings. The van der Waals surface area contributed by atoms with Crippen molar-refractivity contribution in [2.75, 3.05) is 0 Å². The monoisotopic (exact) mass is 174 g/mol. The van der Waals surface area contributed by atoms with Crippen LogP contribution in [-0.2, 0) is 4.79 Å². The van der Waals surface area contributed by atoms with Gasteiger partial charge in [0.1, 0.15) is 5.75 Å². The molecule has 0 saturated heterocycles. The van der Waals surface area contributed by atoms with Gasteiger partial charge in [-0.3, -0.25) is 0 Å².